The van der Waals surface area contributed by atoms with Crippen LogP contribution >= 0.6 is 0 Å². The Kier molecular flexibility index (Phi) is 3.07. The number of halogens is 1. The van der Waals surface area contributed by atoms with Gasteiger partial charge in [-0.15, -0.1) is 0 Å². The number of hydrogen-bond donors (Lipinski definition) is 0. The summed E-state index contributed by atoms with van der Waals surface area (Å²) in [5.41, 5.74) is 0.738. The molecule has 0 saturated carbocycles. The molecule has 0 amide bonds. The first-order valence-corrected chi connectivity index (χ1v) is 4.74. The minimum Gasteiger partial charge on any atom is -0.207 e. The fourth-order valence-electron chi connectivity index (χ4n) is 1.72. The fraction of sp³-hybridized carbons (Fsp3) is 0.500. The standard InChI is InChI=1S/C12H16F/c1-4-9-12(2,3)10-7-5-6-8-11(10)13/h5,7-8H,4,9H2,1-3H3. The Morgan fingerprint density at radius 2 is 2.15 bits per heavy atom. The monoisotopic (exact) mass is 179 g/mol. The summed E-state index contributed by atoms with van der Waals surface area (Å²) in [7, 11) is 0. The van der Waals surface area contributed by atoms with Crippen LogP contribution in [0, 0.1) is 11.9 Å². The topological polar surface area (TPSA) is 0 Å². The average Bonchev–Trinajstić information content (AvgIpc) is 2.04. The van der Waals surface area contributed by atoms with Gasteiger partial charge in [-0.1, -0.05) is 39.3 Å². The molecule has 0 aliphatic rings. The molecule has 0 saturated heterocycles. The summed E-state index contributed by atoms with van der Waals surface area (Å²) in [4.78, 5) is 0. The Morgan fingerprint density at radius 3 is 2.69 bits per heavy atom. The summed E-state index contributed by atoms with van der Waals surface area (Å²) in [5, 5.41) is 0. The van der Waals surface area contributed by atoms with Crippen LogP contribution in [-0.2, 0) is 5.41 Å². The molecule has 0 bridgehead atoms. The van der Waals surface area contributed by atoms with Gasteiger partial charge in [0.25, 0.3) is 0 Å². The quantitative estimate of drug-likeness (QED) is 0.663. The van der Waals surface area contributed by atoms with Gasteiger partial charge in [0.15, 0.2) is 0 Å². The van der Waals surface area contributed by atoms with Crippen molar-refractivity contribution in [2.24, 2.45) is 0 Å². The summed E-state index contributed by atoms with van der Waals surface area (Å²) in [6, 6.07) is 7.75. The second kappa shape index (κ2) is 3.91. The minimum atomic E-state index is -0.138. The molecule has 0 heterocycles. The van der Waals surface area contributed by atoms with Crippen molar-refractivity contribution in [1.82, 2.24) is 0 Å². The van der Waals surface area contributed by atoms with E-state index in [-0.39, 0.29) is 11.2 Å². The molecule has 1 rings (SSSR count). The molecule has 71 valence electrons. The third-order valence-corrected chi connectivity index (χ3v) is 2.42. The van der Waals surface area contributed by atoms with E-state index in [4.69, 9.17) is 0 Å². The van der Waals surface area contributed by atoms with Gasteiger partial charge in [-0.05, 0) is 29.5 Å². The van der Waals surface area contributed by atoms with Crippen LogP contribution in [0.1, 0.15) is 39.2 Å². The summed E-state index contributed by atoms with van der Waals surface area (Å²) < 4.78 is 13.4. The fourth-order valence-corrected chi connectivity index (χ4v) is 1.72. The van der Waals surface area contributed by atoms with Gasteiger partial charge in [0, 0.05) is 0 Å². The lowest BCUT2D eigenvalue weighted by atomic mass is 9.80. The third kappa shape index (κ3) is 2.30. The van der Waals surface area contributed by atoms with Gasteiger partial charge >= 0.3 is 0 Å². The van der Waals surface area contributed by atoms with Gasteiger partial charge in [0.2, 0.25) is 0 Å². The minimum absolute atomic E-state index is 0.0616. The van der Waals surface area contributed by atoms with Crippen LogP contribution in [0.25, 0.3) is 0 Å². The highest BCUT2D eigenvalue weighted by molar-refractivity contribution is 5.24. The molecule has 0 spiro atoms. The normalized spacial score (nSPS) is 11.7. The molecule has 0 atom stereocenters. The lowest BCUT2D eigenvalue weighted by molar-refractivity contribution is 0.445. The predicted molar refractivity (Wildman–Crippen MR) is 53.2 cm³/mol. The summed E-state index contributed by atoms with van der Waals surface area (Å²) in [6.07, 6.45) is 2.08. The van der Waals surface area contributed by atoms with Gasteiger partial charge in [-0.2, -0.15) is 0 Å². The summed E-state index contributed by atoms with van der Waals surface area (Å²) in [6.45, 7) is 6.28. The largest absolute Gasteiger partial charge is 0.207 e. The van der Waals surface area contributed by atoms with E-state index in [0.29, 0.717) is 0 Å². The molecule has 13 heavy (non-hydrogen) atoms. The van der Waals surface area contributed by atoms with Crippen molar-refractivity contribution in [3.63, 3.8) is 0 Å². The number of hydrogen-bond acceptors (Lipinski definition) is 0. The predicted octanol–water partition coefficient (Wildman–Crippen LogP) is 3.70. The molecular formula is C12H16F. The highest BCUT2D eigenvalue weighted by atomic mass is 19.1. The molecule has 0 nitrogen and oxygen atoms in total. The van der Waals surface area contributed by atoms with Crippen molar-refractivity contribution in [2.45, 2.75) is 39.0 Å². The molecular weight excluding hydrogens is 163 g/mol. The zero-order chi connectivity index (χ0) is 9.90. The van der Waals surface area contributed by atoms with Crippen molar-refractivity contribution >= 4 is 0 Å². The van der Waals surface area contributed by atoms with E-state index in [0.717, 1.165) is 18.4 Å². The SMILES string of the molecule is CCCC(C)(C)c1cc[c]cc1F. The zero-order valence-electron chi connectivity index (χ0n) is 8.52. The smallest absolute Gasteiger partial charge is 0.127 e. The van der Waals surface area contributed by atoms with E-state index in [1.165, 1.54) is 6.07 Å². The first-order chi connectivity index (χ1) is 6.08. The second-order valence-corrected chi connectivity index (χ2v) is 4.04. The second-order valence-electron chi connectivity index (χ2n) is 4.04. The third-order valence-electron chi connectivity index (χ3n) is 2.42. The average molecular weight is 179 g/mol. The Morgan fingerprint density at radius 1 is 1.46 bits per heavy atom. The Bertz CT molecular complexity index is 276. The van der Waals surface area contributed by atoms with Crippen LogP contribution in [0.4, 0.5) is 4.39 Å². The first kappa shape index (κ1) is 10.2. The zero-order valence-corrected chi connectivity index (χ0v) is 8.52. The molecule has 1 heteroatoms. The summed E-state index contributed by atoms with van der Waals surface area (Å²) in [5.74, 6) is -0.138. The molecule has 0 unspecified atom stereocenters. The van der Waals surface area contributed by atoms with E-state index in [9.17, 15) is 4.39 Å². The van der Waals surface area contributed by atoms with Crippen molar-refractivity contribution in [3.05, 3.63) is 35.6 Å². The molecule has 0 aliphatic heterocycles. The first-order valence-electron chi connectivity index (χ1n) is 4.74. The van der Waals surface area contributed by atoms with Crippen LogP contribution in [0.15, 0.2) is 18.2 Å². The Labute approximate surface area is 79.8 Å². The Balaban J connectivity index is 2.99. The number of benzene rings is 1. The molecule has 0 N–H and O–H groups in total. The summed E-state index contributed by atoms with van der Waals surface area (Å²) >= 11 is 0. The van der Waals surface area contributed by atoms with Gasteiger partial charge in [-0.25, -0.2) is 4.39 Å². The van der Waals surface area contributed by atoms with E-state index in [1.54, 1.807) is 6.07 Å². The molecule has 0 fully saturated rings. The highest BCUT2D eigenvalue weighted by Crippen LogP contribution is 2.29. The molecule has 1 aromatic rings. The lowest BCUT2D eigenvalue weighted by Gasteiger charge is -2.24. The van der Waals surface area contributed by atoms with Crippen LogP contribution in [-0.4, -0.2) is 0 Å². The molecule has 1 radical (unpaired) electrons. The van der Waals surface area contributed by atoms with Crippen molar-refractivity contribution in [2.75, 3.05) is 0 Å². The van der Waals surface area contributed by atoms with Gasteiger partial charge in [0.05, 0.1) is 0 Å². The van der Waals surface area contributed by atoms with Crippen molar-refractivity contribution in [3.8, 4) is 0 Å². The van der Waals surface area contributed by atoms with Crippen LogP contribution in [0.5, 0.6) is 0 Å². The van der Waals surface area contributed by atoms with E-state index in [1.807, 2.05) is 6.07 Å². The van der Waals surface area contributed by atoms with Crippen LogP contribution < -0.4 is 0 Å². The van der Waals surface area contributed by atoms with Crippen molar-refractivity contribution in [1.29, 1.82) is 0 Å². The van der Waals surface area contributed by atoms with Crippen molar-refractivity contribution < 1.29 is 4.39 Å². The maximum Gasteiger partial charge on any atom is 0.127 e. The molecule has 0 aromatic heterocycles. The van der Waals surface area contributed by atoms with Gasteiger partial charge in [-0.3, -0.25) is 0 Å². The highest BCUT2D eigenvalue weighted by Gasteiger charge is 2.22. The molecule has 0 aliphatic carbocycles. The maximum atomic E-state index is 13.4. The lowest BCUT2D eigenvalue weighted by Crippen LogP contribution is -2.18. The van der Waals surface area contributed by atoms with Gasteiger partial charge < -0.3 is 0 Å². The van der Waals surface area contributed by atoms with E-state index < -0.39 is 0 Å². The van der Waals surface area contributed by atoms with E-state index in [2.05, 4.69) is 26.8 Å². The molecule has 1 aromatic carbocycles. The Hall–Kier alpha value is -0.850. The van der Waals surface area contributed by atoms with Gasteiger partial charge in [0.1, 0.15) is 5.82 Å². The van der Waals surface area contributed by atoms with Crippen LogP contribution in [0.3, 0.4) is 0 Å². The van der Waals surface area contributed by atoms with Crippen LogP contribution in [0.2, 0.25) is 0 Å². The van der Waals surface area contributed by atoms with E-state index >= 15 is 0 Å². The maximum absolute atomic E-state index is 13.4. The number of rotatable bonds is 3.